The molecule has 19 heavy (non-hydrogen) atoms. The third-order valence-electron chi connectivity index (χ3n) is 2.38. The number of ether oxygens (including phenoxy) is 1. The minimum Gasteiger partial charge on any atom is -0.479 e. The van der Waals surface area contributed by atoms with E-state index >= 15 is 0 Å². The summed E-state index contributed by atoms with van der Waals surface area (Å²) in [5.74, 6) is -1.76. The summed E-state index contributed by atoms with van der Waals surface area (Å²) in [5, 5.41) is 13.3. The lowest BCUT2D eigenvalue weighted by molar-refractivity contribution is -0.147. The van der Waals surface area contributed by atoms with Crippen LogP contribution < -0.4 is 10.6 Å². The molecule has 6 nitrogen and oxygen atoms in total. The summed E-state index contributed by atoms with van der Waals surface area (Å²) in [6.07, 6.45) is -1.15. The van der Waals surface area contributed by atoms with Crippen LogP contribution in [-0.2, 0) is 9.53 Å². The van der Waals surface area contributed by atoms with Crippen LogP contribution in [0, 0.1) is 12.7 Å². The van der Waals surface area contributed by atoms with Crippen molar-refractivity contribution in [2.45, 2.75) is 13.0 Å². The van der Waals surface area contributed by atoms with Crippen LogP contribution in [0.1, 0.15) is 5.56 Å². The van der Waals surface area contributed by atoms with Gasteiger partial charge >= 0.3 is 12.0 Å². The fraction of sp³-hybridized carbons (Fsp3) is 0.333. The highest BCUT2D eigenvalue weighted by Crippen LogP contribution is 2.15. The maximum Gasteiger partial charge on any atom is 0.334 e. The van der Waals surface area contributed by atoms with Crippen LogP contribution >= 0.6 is 0 Å². The van der Waals surface area contributed by atoms with Gasteiger partial charge in [-0.05, 0) is 24.6 Å². The van der Waals surface area contributed by atoms with Crippen molar-refractivity contribution in [1.82, 2.24) is 5.32 Å². The van der Waals surface area contributed by atoms with Crippen LogP contribution in [0.25, 0.3) is 0 Å². The van der Waals surface area contributed by atoms with Crippen LogP contribution in [0.15, 0.2) is 18.2 Å². The standard InChI is InChI=1S/C12H15FN2O4/c1-7-3-4-8(13)9(5-7)15-12(18)14-6-10(19-2)11(16)17/h3-5,10H,6H2,1-2H3,(H,16,17)(H2,14,15,18). The third kappa shape index (κ3) is 4.55. The number of urea groups is 1. The minimum atomic E-state index is -1.19. The van der Waals surface area contributed by atoms with E-state index in [1.165, 1.54) is 19.2 Å². The van der Waals surface area contributed by atoms with E-state index in [-0.39, 0.29) is 12.2 Å². The molecule has 1 atom stereocenters. The first-order valence-electron chi connectivity index (χ1n) is 5.50. The summed E-state index contributed by atoms with van der Waals surface area (Å²) in [6.45, 7) is 1.54. The molecule has 1 rings (SSSR count). The van der Waals surface area contributed by atoms with E-state index in [2.05, 4.69) is 15.4 Å². The number of carbonyl (C=O) groups is 2. The molecule has 104 valence electrons. The number of methoxy groups -OCH3 is 1. The molecule has 1 aromatic carbocycles. The van der Waals surface area contributed by atoms with Gasteiger partial charge in [-0.1, -0.05) is 6.07 Å². The molecule has 0 heterocycles. The average Bonchev–Trinajstić information content (AvgIpc) is 2.34. The molecule has 0 bridgehead atoms. The Morgan fingerprint density at radius 1 is 1.47 bits per heavy atom. The number of amides is 2. The fourth-order valence-electron chi connectivity index (χ4n) is 1.36. The molecule has 0 aliphatic carbocycles. The second kappa shape index (κ2) is 6.69. The van der Waals surface area contributed by atoms with Gasteiger partial charge in [-0.3, -0.25) is 0 Å². The maximum atomic E-state index is 13.4. The Morgan fingerprint density at radius 3 is 2.74 bits per heavy atom. The van der Waals surface area contributed by atoms with E-state index < -0.39 is 23.9 Å². The van der Waals surface area contributed by atoms with Gasteiger partial charge in [-0.25, -0.2) is 14.0 Å². The van der Waals surface area contributed by atoms with E-state index in [9.17, 15) is 14.0 Å². The van der Waals surface area contributed by atoms with E-state index in [4.69, 9.17) is 5.11 Å². The van der Waals surface area contributed by atoms with E-state index in [1.54, 1.807) is 13.0 Å². The quantitative estimate of drug-likeness (QED) is 0.753. The molecule has 0 saturated carbocycles. The number of nitrogens with one attached hydrogen (secondary N) is 2. The van der Waals surface area contributed by atoms with Gasteiger partial charge in [0.05, 0.1) is 12.2 Å². The van der Waals surface area contributed by atoms with Crippen molar-refractivity contribution in [1.29, 1.82) is 0 Å². The first-order chi connectivity index (χ1) is 8.93. The largest absolute Gasteiger partial charge is 0.479 e. The molecule has 0 spiro atoms. The van der Waals surface area contributed by atoms with Crippen molar-refractivity contribution < 1.29 is 23.8 Å². The predicted octanol–water partition coefficient (Wildman–Crippen LogP) is 1.36. The monoisotopic (exact) mass is 270 g/mol. The number of hydrogen-bond acceptors (Lipinski definition) is 3. The van der Waals surface area contributed by atoms with Crippen LogP contribution in [0.4, 0.5) is 14.9 Å². The zero-order valence-corrected chi connectivity index (χ0v) is 10.6. The van der Waals surface area contributed by atoms with E-state index in [0.29, 0.717) is 0 Å². The molecule has 7 heteroatoms. The Kier molecular flexibility index (Phi) is 5.25. The highest BCUT2D eigenvalue weighted by Gasteiger charge is 2.17. The van der Waals surface area contributed by atoms with Gasteiger partial charge in [-0.15, -0.1) is 0 Å². The van der Waals surface area contributed by atoms with E-state index in [1.807, 2.05) is 0 Å². The molecule has 3 N–H and O–H groups in total. The lowest BCUT2D eigenvalue weighted by Crippen LogP contribution is -2.39. The van der Waals surface area contributed by atoms with Gasteiger partial charge in [0.2, 0.25) is 0 Å². The second-order valence-electron chi connectivity index (χ2n) is 3.88. The number of hydrogen-bond donors (Lipinski definition) is 3. The molecule has 2 amide bonds. The first kappa shape index (κ1) is 14.9. The van der Waals surface area contributed by atoms with E-state index in [0.717, 1.165) is 5.56 Å². The summed E-state index contributed by atoms with van der Waals surface area (Å²) in [5.41, 5.74) is 0.818. The van der Waals surface area contributed by atoms with Gasteiger partial charge in [0, 0.05) is 7.11 Å². The summed E-state index contributed by atoms with van der Waals surface area (Å²) in [4.78, 5) is 22.1. The highest BCUT2D eigenvalue weighted by molar-refractivity contribution is 5.89. The van der Waals surface area contributed by atoms with Crippen molar-refractivity contribution in [2.75, 3.05) is 19.0 Å². The van der Waals surface area contributed by atoms with Crippen LogP contribution in [0.2, 0.25) is 0 Å². The molecule has 0 saturated heterocycles. The van der Waals surface area contributed by atoms with Gasteiger partial charge < -0.3 is 20.5 Å². The SMILES string of the molecule is COC(CNC(=O)Nc1cc(C)ccc1F)C(=O)O. The average molecular weight is 270 g/mol. The molecule has 0 aliphatic rings. The zero-order valence-electron chi connectivity index (χ0n) is 10.6. The molecule has 1 unspecified atom stereocenters. The van der Waals surface area contributed by atoms with Gasteiger partial charge in [0.25, 0.3) is 0 Å². The van der Waals surface area contributed by atoms with Gasteiger partial charge in [0.15, 0.2) is 6.10 Å². The lowest BCUT2D eigenvalue weighted by Gasteiger charge is -2.12. The Morgan fingerprint density at radius 2 is 2.16 bits per heavy atom. The Bertz CT molecular complexity index is 479. The second-order valence-corrected chi connectivity index (χ2v) is 3.88. The third-order valence-corrected chi connectivity index (χ3v) is 2.38. The van der Waals surface area contributed by atoms with Gasteiger partial charge in [-0.2, -0.15) is 0 Å². The van der Waals surface area contributed by atoms with Gasteiger partial charge in [0.1, 0.15) is 5.82 Å². The number of carboxylic acids is 1. The number of carboxylic acid groups (broad SMARTS) is 1. The molecular weight excluding hydrogens is 255 g/mol. The van der Waals surface area contributed by atoms with Crippen molar-refractivity contribution in [2.24, 2.45) is 0 Å². The summed E-state index contributed by atoms with van der Waals surface area (Å²) in [6, 6.07) is 3.58. The van der Waals surface area contributed by atoms with Crippen molar-refractivity contribution in [3.63, 3.8) is 0 Å². The number of aliphatic carboxylic acids is 1. The normalized spacial score (nSPS) is 11.7. The highest BCUT2D eigenvalue weighted by atomic mass is 19.1. The molecule has 0 radical (unpaired) electrons. The van der Waals surface area contributed by atoms with Crippen molar-refractivity contribution in [3.8, 4) is 0 Å². The number of carbonyl (C=O) groups excluding carboxylic acids is 1. The first-order valence-corrected chi connectivity index (χ1v) is 5.50. The van der Waals surface area contributed by atoms with Crippen molar-refractivity contribution >= 4 is 17.7 Å². The number of benzene rings is 1. The maximum absolute atomic E-state index is 13.4. The molecule has 0 aliphatic heterocycles. The van der Waals surface area contributed by atoms with Crippen LogP contribution in [0.5, 0.6) is 0 Å². The lowest BCUT2D eigenvalue weighted by atomic mass is 10.2. The topological polar surface area (TPSA) is 87.7 Å². The molecular formula is C12H15FN2O4. The summed E-state index contributed by atoms with van der Waals surface area (Å²) in [7, 11) is 1.22. The van der Waals surface area contributed by atoms with Crippen molar-refractivity contribution in [3.05, 3.63) is 29.6 Å². The zero-order chi connectivity index (χ0) is 14.4. The van der Waals surface area contributed by atoms with Crippen LogP contribution in [-0.4, -0.2) is 36.9 Å². The Hall–Kier alpha value is -2.15. The number of aryl methyl sites for hydroxylation is 1. The number of halogens is 1. The molecule has 0 fully saturated rings. The summed E-state index contributed by atoms with van der Waals surface area (Å²) < 4.78 is 18.0. The smallest absolute Gasteiger partial charge is 0.334 e. The Labute approximate surface area is 109 Å². The molecule has 0 aromatic heterocycles. The molecule has 1 aromatic rings. The number of anilines is 1. The Balaban J connectivity index is 2.56. The summed E-state index contributed by atoms with van der Waals surface area (Å²) >= 11 is 0. The fourth-order valence-corrected chi connectivity index (χ4v) is 1.36. The van der Waals surface area contributed by atoms with Crippen LogP contribution in [0.3, 0.4) is 0 Å². The predicted molar refractivity (Wildman–Crippen MR) is 66.6 cm³/mol. The minimum absolute atomic E-state index is 0.0294. The number of rotatable bonds is 5.